The number of benzene rings is 1. The summed E-state index contributed by atoms with van der Waals surface area (Å²) < 4.78 is 5.72. The lowest BCUT2D eigenvalue weighted by atomic mass is 9.96. The Hall–Kier alpha value is -0.900. The van der Waals surface area contributed by atoms with Gasteiger partial charge in [0.05, 0.1) is 18.8 Å². The molecule has 1 saturated heterocycles. The van der Waals surface area contributed by atoms with E-state index in [1.54, 1.807) is 0 Å². The molecule has 3 nitrogen and oxygen atoms in total. The molecule has 0 aromatic heterocycles. The van der Waals surface area contributed by atoms with E-state index < -0.39 is 0 Å². The Morgan fingerprint density at radius 3 is 2.90 bits per heavy atom. The van der Waals surface area contributed by atoms with E-state index in [4.69, 9.17) is 4.74 Å². The van der Waals surface area contributed by atoms with Crippen LogP contribution in [0.4, 0.5) is 0 Å². The first-order valence-electron chi connectivity index (χ1n) is 7.80. The quantitative estimate of drug-likeness (QED) is 0.800. The Bertz CT molecular complexity index is 462. The van der Waals surface area contributed by atoms with Crippen LogP contribution in [-0.2, 0) is 11.2 Å². The molecule has 1 aromatic rings. The van der Waals surface area contributed by atoms with Gasteiger partial charge >= 0.3 is 0 Å². The predicted octanol–water partition coefficient (Wildman–Crippen LogP) is 2.53. The van der Waals surface area contributed by atoms with Crippen LogP contribution in [0.15, 0.2) is 24.3 Å². The normalized spacial score (nSPS) is 35.4. The van der Waals surface area contributed by atoms with Crippen LogP contribution in [-0.4, -0.2) is 41.3 Å². The second-order valence-corrected chi connectivity index (χ2v) is 6.29. The number of nitrogens with zero attached hydrogens (tertiary/aromatic N) is 1. The second kappa shape index (κ2) is 5.84. The van der Waals surface area contributed by atoms with Crippen molar-refractivity contribution >= 4 is 0 Å². The Labute approximate surface area is 121 Å². The number of rotatable bonds is 1. The van der Waals surface area contributed by atoms with Gasteiger partial charge in [0.25, 0.3) is 0 Å². The summed E-state index contributed by atoms with van der Waals surface area (Å²) in [5.74, 6) is 0. The van der Waals surface area contributed by atoms with Crippen molar-refractivity contribution in [1.82, 2.24) is 4.90 Å². The van der Waals surface area contributed by atoms with Gasteiger partial charge in [0.1, 0.15) is 0 Å². The summed E-state index contributed by atoms with van der Waals surface area (Å²) in [5, 5.41) is 10.9. The summed E-state index contributed by atoms with van der Waals surface area (Å²) in [6.07, 6.45) is 3.18. The number of morpholine rings is 1. The SMILES string of the molecule is CC1CN(C2CCCc3ccccc3C2O)C(C)CO1. The van der Waals surface area contributed by atoms with Crippen molar-refractivity contribution in [2.24, 2.45) is 0 Å². The molecule has 1 N–H and O–H groups in total. The van der Waals surface area contributed by atoms with Crippen LogP contribution < -0.4 is 0 Å². The zero-order valence-electron chi connectivity index (χ0n) is 12.5. The number of aliphatic hydroxyl groups excluding tert-OH is 1. The van der Waals surface area contributed by atoms with Crippen LogP contribution >= 0.6 is 0 Å². The fourth-order valence-corrected chi connectivity index (χ4v) is 3.66. The molecule has 20 heavy (non-hydrogen) atoms. The van der Waals surface area contributed by atoms with Crippen molar-refractivity contribution in [3.8, 4) is 0 Å². The fraction of sp³-hybridized carbons (Fsp3) is 0.647. The van der Waals surface area contributed by atoms with E-state index in [0.717, 1.165) is 38.0 Å². The minimum Gasteiger partial charge on any atom is -0.387 e. The summed E-state index contributed by atoms with van der Waals surface area (Å²) in [6.45, 7) is 6.02. The monoisotopic (exact) mass is 275 g/mol. The molecular weight excluding hydrogens is 250 g/mol. The van der Waals surface area contributed by atoms with E-state index in [2.05, 4.69) is 36.9 Å². The number of aryl methyl sites for hydroxylation is 1. The standard InChI is InChI=1S/C17H25NO2/c1-12-11-20-13(2)10-18(12)16-9-5-7-14-6-3-4-8-15(14)17(16)19/h3-4,6,8,12-13,16-17,19H,5,7,9-11H2,1-2H3. The molecule has 1 aliphatic heterocycles. The molecule has 0 radical (unpaired) electrons. The third-order valence-corrected chi connectivity index (χ3v) is 4.77. The predicted molar refractivity (Wildman–Crippen MR) is 79.7 cm³/mol. The van der Waals surface area contributed by atoms with Gasteiger partial charge in [-0.15, -0.1) is 0 Å². The summed E-state index contributed by atoms with van der Waals surface area (Å²) in [5.41, 5.74) is 2.44. The Balaban J connectivity index is 1.86. The zero-order chi connectivity index (χ0) is 14.1. The first-order chi connectivity index (χ1) is 9.66. The molecule has 4 atom stereocenters. The van der Waals surface area contributed by atoms with E-state index in [9.17, 15) is 5.11 Å². The van der Waals surface area contributed by atoms with Crippen molar-refractivity contribution < 1.29 is 9.84 Å². The van der Waals surface area contributed by atoms with Crippen molar-refractivity contribution in [1.29, 1.82) is 0 Å². The van der Waals surface area contributed by atoms with Crippen LogP contribution in [0.2, 0.25) is 0 Å². The van der Waals surface area contributed by atoms with Gasteiger partial charge in [-0.1, -0.05) is 24.3 Å². The molecule has 2 aliphatic rings. The van der Waals surface area contributed by atoms with E-state index >= 15 is 0 Å². The molecule has 3 rings (SSSR count). The van der Waals surface area contributed by atoms with Crippen LogP contribution in [0.3, 0.4) is 0 Å². The van der Waals surface area contributed by atoms with Crippen molar-refractivity contribution in [2.75, 3.05) is 13.2 Å². The van der Waals surface area contributed by atoms with Gasteiger partial charge in [-0.05, 0) is 44.2 Å². The lowest BCUT2D eigenvalue weighted by molar-refractivity contribution is -0.0889. The van der Waals surface area contributed by atoms with E-state index in [1.807, 2.05) is 6.07 Å². The summed E-state index contributed by atoms with van der Waals surface area (Å²) in [4.78, 5) is 2.46. The number of hydrogen-bond acceptors (Lipinski definition) is 3. The molecule has 1 aliphatic carbocycles. The van der Waals surface area contributed by atoms with Crippen LogP contribution in [0, 0.1) is 0 Å². The maximum atomic E-state index is 10.9. The van der Waals surface area contributed by atoms with E-state index in [0.29, 0.717) is 6.04 Å². The van der Waals surface area contributed by atoms with Gasteiger partial charge in [0.15, 0.2) is 0 Å². The highest BCUT2D eigenvalue weighted by atomic mass is 16.5. The molecule has 0 saturated carbocycles. The van der Waals surface area contributed by atoms with Crippen molar-refractivity contribution in [3.63, 3.8) is 0 Å². The van der Waals surface area contributed by atoms with Gasteiger partial charge in [-0.3, -0.25) is 4.90 Å². The number of fused-ring (bicyclic) bond motifs is 1. The zero-order valence-corrected chi connectivity index (χ0v) is 12.5. The van der Waals surface area contributed by atoms with Gasteiger partial charge in [0.2, 0.25) is 0 Å². The maximum absolute atomic E-state index is 10.9. The van der Waals surface area contributed by atoms with Crippen LogP contribution in [0.1, 0.15) is 43.9 Å². The van der Waals surface area contributed by atoms with Crippen LogP contribution in [0.5, 0.6) is 0 Å². The smallest absolute Gasteiger partial charge is 0.0947 e. The fourth-order valence-electron chi connectivity index (χ4n) is 3.66. The minimum atomic E-state index is -0.374. The first kappa shape index (κ1) is 14.1. The highest BCUT2D eigenvalue weighted by molar-refractivity contribution is 5.31. The summed E-state index contributed by atoms with van der Waals surface area (Å²) >= 11 is 0. The van der Waals surface area contributed by atoms with Crippen molar-refractivity contribution in [3.05, 3.63) is 35.4 Å². The summed E-state index contributed by atoms with van der Waals surface area (Å²) in [7, 11) is 0. The Morgan fingerprint density at radius 1 is 1.25 bits per heavy atom. The van der Waals surface area contributed by atoms with Gasteiger partial charge < -0.3 is 9.84 Å². The summed E-state index contributed by atoms with van der Waals surface area (Å²) in [6, 6.07) is 8.97. The first-order valence-corrected chi connectivity index (χ1v) is 7.80. The molecule has 3 heteroatoms. The average molecular weight is 275 g/mol. The Morgan fingerprint density at radius 2 is 2.05 bits per heavy atom. The lowest BCUT2D eigenvalue weighted by Crippen LogP contribution is -2.53. The molecule has 0 spiro atoms. The molecule has 0 bridgehead atoms. The number of hydrogen-bond donors (Lipinski definition) is 1. The largest absolute Gasteiger partial charge is 0.387 e. The van der Waals surface area contributed by atoms with E-state index in [-0.39, 0.29) is 18.2 Å². The van der Waals surface area contributed by atoms with Gasteiger partial charge in [0, 0.05) is 18.6 Å². The Kier molecular flexibility index (Phi) is 4.11. The number of aliphatic hydroxyl groups is 1. The third kappa shape index (κ3) is 2.62. The molecule has 1 aromatic carbocycles. The molecular formula is C17H25NO2. The third-order valence-electron chi connectivity index (χ3n) is 4.77. The number of ether oxygens (including phenoxy) is 1. The second-order valence-electron chi connectivity index (χ2n) is 6.29. The molecule has 0 amide bonds. The topological polar surface area (TPSA) is 32.7 Å². The average Bonchev–Trinajstić information content (AvgIpc) is 2.62. The van der Waals surface area contributed by atoms with Crippen LogP contribution in [0.25, 0.3) is 0 Å². The maximum Gasteiger partial charge on any atom is 0.0947 e. The highest BCUT2D eigenvalue weighted by Gasteiger charge is 2.35. The van der Waals surface area contributed by atoms with Crippen molar-refractivity contribution in [2.45, 2.75) is 57.4 Å². The lowest BCUT2D eigenvalue weighted by Gasteiger charge is -2.43. The van der Waals surface area contributed by atoms with Gasteiger partial charge in [-0.2, -0.15) is 0 Å². The molecule has 1 heterocycles. The molecule has 110 valence electrons. The van der Waals surface area contributed by atoms with E-state index in [1.165, 1.54) is 5.56 Å². The molecule has 4 unspecified atom stereocenters. The molecule has 1 fully saturated rings. The minimum absolute atomic E-state index is 0.222. The van der Waals surface area contributed by atoms with Gasteiger partial charge in [-0.25, -0.2) is 0 Å². The highest BCUT2D eigenvalue weighted by Crippen LogP contribution is 2.33.